The first kappa shape index (κ1) is 19.6. The van der Waals surface area contributed by atoms with Crippen LogP contribution in [0.15, 0.2) is 34.9 Å². The molecule has 9 heteroatoms. The van der Waals surface area contributed by atoms with E-state index in [4.69, 9.17) is 9.15 Å². The minimum absolute atomic E-state index is 0.268. The predicted molar refractivity (Wildman–Crippen MR) is 101 cm³/mol. The molecule has 1 aliphatic carbocycles. The number of urea groups is 1. The molecule has 2 heterocycles. The minimum atomic E-state index is -4.59. The van der Waals surface area contributed by atoms with Crippen LogP contribution in [0, 0.1) is 0 Å². The monoisotopic (exact) mass is 409 g/mol. The molecule has 0 spiro atoms. The standard InChI is InChI=1S/C20H22F3N3O3/c21-20(22,23)15-12-13(26-7-10-28-11-8-26)4-5-17(15)25-19(27)24-16-2-1-3-18-14(16)6-9-29-18/h4-6,9,12,16H,1-3,7-8,10-11H2,(H2,24,25,27). The number of hydrogen-bond donors (Lipinski definition) is 2. The first-order valence-corrected chi connectivity index (χ1v) is 9.59. The van der Waals surface area contributed by atoms with Crippen molar-refractivity contribution in [1.29, 1.82) is 0 Å². The number of halogens is 3. The van der Waals surface area contributed by atoms with Crippen LogP contribution in [0.25, 0.3) is 0 Å². The first-order valence-electron chi connectivity index (χ1n) is 9.59. The molecule has 156 valence electrons. The molecule has 2 amide bonds. The number of furan rings is 1. The summed E-state index contributed by atoms with van der Waals surface area (Å²) in [5.41, 5.74) is 0.200. The van der Waals surface area contributed by atoms with E-state index in [1.807, 2.05) is 4.90 Å². The van der Waals surface area contributed by atoms with Gasteiger partial charge in [0.2, 0.25) is 0 Å². The topological polar surface area (TPSA) is 66.7 Å². The molecular weight excluding hydrogens is 387 g/mol. The van der Waals surface area contributed by atoms with Crippen LogP contribution in [0.3, 0.4) is 0 Å². The third-order valence-corrected chi connectivity index (χ3v) is 5.29. The fourth-order valence-corrected chi connectivity index (χ4v) is 3.85. The molecule has 2 aromatic rings. The van der Waals surface area contributed by atoms with Gasteiger partial charge in [-0.3, -0.25) is 0 Å². The quantitative estimate of drug-likeness (QED) is 0.792. The highest BCUT2D eigenvalue weighted by Gasteiger charge is 2.35. The molecule has 4 rings (SSSR count). The van der Waals surface area contributed by atoms with Crippen LogP contribution >= 0.6 is 0 Å². The molecule has 0 radical (unpaired) electrons. The maximum atomic E-state index is 13.6. The summed E-state index contributed by atoms with van der Waals surface area (Å²) >= 11 is 0. The average Bonchev–Trinajstić information content (AvgIpc) is 3.18. The smallest absolute Gasteiger partial charge is 0.418 e. The van der Waals surface area contributed by atoms with Gasteiger partial charge in [-0.15, -0.1) is 0 Å². The molecule has 1 fully saturated rings. The zero-order chi connectivity index (χ0) is 20.4. The van der Waals surface area contributed by atoms with E-state index >= 15 is 0 Å². The van der Waals surface area contributed by atoms with Crippen LogP contribution in [-0.2, 0) is 17.3 Å². The summed E-state index contributed by atoms with van der Waals surface area (Å²) in [6.07, 6.45) is -0.679. The highest BCUT2D eigenvalue weighted by molar-refractivity contribution is 5.91. The van der Waals surface area contributed by atoms with E-state index < -0.39 is 17.8 Å². The Balaban J connectivity index is 1.51. The van der Waals surface area contributed by atoms with Gasteiger partial charge in [-0.25, -0.2) is 4.79 Å². The van der Waals surface area contributed by atoms with Crippen molar-refractivity contribution in [3.63, 3.8) is 0 Å². The summed E-state index contributed by atoms with van der Waals surface area (Å²) < 4.78 is 51.5. The van der Waals surface area contributed by atoms with Gasteiger partial charge < -0.3 is 24.7 Å². The number of morpholine rings is 1. The molecule has 2 N–H and O–H groups in total. The fourth-order valence-electron chi connectivity index (χ4n) is 3.85. The number of alkyl halides is 3. The van der Waals surface area contributed by atoms with E-state index in [1.54, 1.807) is 18.4 Å². The van der Waals surface area contributed by atoms with E-state index in [0.29, 0.717) is 38.4 Å². The number of amides is 2. The number of rotatable bonds is 3. The second-order valence-electron chi connectivity index (χ2n) is 7.17. The van der Waals surface area contributed by atoms with Crippen molar-refractivity contribution in [1.82, 2.24) is 5.32 Å². The van der Waals surface area contributed by atoms with Gasteiger partial charge in [-0.05, 0) is 37.1 Å². The van der Waals surface area contributed by atoms with Crippen molar-refractivity contribution in [2.75, 3.05) is 36.5 Å². The Kier molecular flexibility index (Phi) is 5.40. The van der Waals surface area contributed by atoms with E-state index in [1.165, 1.54) is 6.07 Å². The molecule has 1 atom stereocenters. The number of nitrogens with one attached hydrogen (secondary N) is 2. The van der Waals surface area contributed by atoms with Gasteiger partial charge in [-0.1, -0.05) is 0 Å². The van der Waals surface area contributed by atoms with Gasteiger partial charge in [0, 0.05) is 30.8 Å². The van der Waals surface area contributed by atoms with E-state index in [-0.39, 0.29) is 11.7 Å². The van der Waals surface area contributed by atoms with Crippen molar-refractivity contribution >= 4 is 17.4 Å². The van der Waals surface area contributed by atoms with E-state index in [0.717, 1.165) is 30.2 Å². The Morgan fingerprint density at radius 3 is 2.72 bits per heavy atom. The molecule has 2 aliphatic rings. The number of ether oxygens (including phenoxy) is 1. The molecule has 1 aromatic heterocycles. The number of benzene rings is 1. The summed E-state index contributed by atoms with van der Waals surface area (Å²) in [5.74, 6) is 0.812. The number of carbonyl (C=O) groups is 1. The zero-order valence-electron chi connectivity index (χ0n) is 15.7. The largest absolute Gasteiger partial charge is 0.469 e. The van der Waals surface area contributed by atoms with Crippen LogP contribution in [-0.4, -0.2) is 32.3 Å². The first-order chi connectivity index (χ1) is 13.9. The maximum Gasteiger partial charge on any atom is 0.418 e. The van der Waals surface area contributed by atoms with Gasteiger partial charge in [0.05, 0.1) is 36.8 Å². The molecule has 1 aromatic carbocycles. The Hall–Kier alpha value is -2.68. The predicted octanol–water partition coefficient (Wildman–Crippen LogP) is 4.33. The molecular formula is C20H22F3N3O3. The van der Waals surface area contributed by atoms with Crippen LogP contribution in [0.5, 0.6) is 0 Å². The van der Waals surface area contributed by atoms with Crippen LogP contribution in [0.2, 0.25) is 0 Å². The van der Waals surface area contributed by atoms with Crippen molar-refractivity contribution in [2.24, 2.45) is 0 Å². The highest BCUT2D eigenvalue weighted by Crippen LogP contribution is 2.38. The lowest BCUT2D eigenvalue weighted by atomic mass is 9.93. The molecule has 1 unspecified atom stereocenters. The minimum Gasteiger partial charge on any atom is -0.469 e. The average molecular weight is 409 g/mol. The lowest BCUT2D eigenvalue weighted by Crippen LogP contribution is -2.36. The lowest BCUT2D eigenvalue weighted by molar-refractivity contribution is -0.136. The number of fused-ring (bicyclic) bond motifs is 1. The van der Waals surface area contributed by atoms with Crippen LogP contribution in [0.1, 0.15) is 35.8 Å². The van der Waals surface area contributed by atoms with Crippen LogP contribution < -0.4 is 15.5 Å². The second-order valence-corrected chi connectivity index (χ2v) is 7.17. The zero-order valence-corrected chi connectivity index (χ0v) is 15.7. The summed E-state index contributed by atoms with van der Waals surface area (Å²) in [6, 6.07) is 4.81. The number of hydrogen-bond acceptors (Lipinski definition) is 4. The Labute approximate surface area is 166 Å². The molecule has 0 bridgehead atoms. The van der Waals surface area contributed by atoms with E-state index in [2.05, 4.69) is 10.6 Å². The highest BCUT2D eigenvalue weighted by atomic mass is 19.4. The molecule has 29 heavy (non-hydrogen) atoms. The normalized spacial score (nSPS) is 19.6. The number of anilines is 2. The summed E-state index contributed by atoms with van der Waals surface area (Å²) in [7, 11) is 0. The van der Waals surface area contributed by atoms with Gasteiger partial charge in [-0.2, -0.15) is 13.2 Å². The van der Waals surface area contributed by atoms with Crippen molar-refractivity contribution < 1.29 is 27.1 Å². The number of aryl methyl sites for hydroxylation is 1. The molecule has 1 aliphatic heterocycles. The van der Waals surface area contributed by atoms with Gasteiger partial charge >= 0.3 is 12.2 Å². The van der Waals surface area contributed by atoms with Crippen molar-refractivity contribution in [3.8, 4) is 0 Å². The van der Waals surface area contributed by atoms with Gasteiger partial charge in [0.25, 0.3) is 0 Å². The molecule has 6 nitrogen and oxygen atoms in total. The summed E-state index contributed by atoms with van der Waals surface area (Å²) in [5, 5.41) is 5.14. The fraction of sp³-hybridized carbons (Fsp3) is 0.450. The third kappa shape index (κ3) is 4.34. The SMILES string of the molecule is O=C(Nc1ccc(N2CCOCC2)cc1C(F)(F)F)NC1CCCc2occc21. The molecule has 0 saturated carbocycles. The Morgan fingerprint density at radius 1 is 1.17 bits per heavy atom. The third-order valence-electron chi connectivity index (χ3n) is 5.29. The van der Waals surface area contributed by atoms with Crippen molar-refractivity contribution in [2.45, 2.75) is 31.5 Å². The molecule has 1 saturated heterocycles. The van der Waals surface area contributed by atoms with Crippen molar-refractivity contribution in [3.05, 3.63) is 47.4 Å². The second kappa shape index (κ2) is 7.98. The lowest BCUT2D eigenvalue weighted by Gasteiger charge is -2.30. The summed E-state index contributed by atoms with van der Waals surface area (Å²) in [4.78, 5) is 14.3. The Morgan fingerprint density at radius 2 is 1.97 bits per heavy atom. The Bertz CT molecular complexity index is 875. The maximum absolute atomic E-state index is 13.6. The van der Waals surface area contributed by atoms with Gasteiger partial charge in [0.15, 0.2) is 0 Å². The van der Waals surface area contributed by atoms with Gasteiger partial charge in [0.1, 0.15) is 5.76 Å². The van der Waals surface area contributed by atoms with Crippen LogP contribution in [0.4, 0.5) is 29.3 Å². The number of nitrogens with zero attached hydrogens (tertiary/aromatic N) is 1. The number of carbonyl (C=O) groups excluding carboxylic acids is 1. The summed E-state index contributed by atoms with van der Waals surface area (Å²) in [6.45, 7) is 2.00. The van der Waals surface area contributed by atoms with E-state index in [9.17, 15) is 18.0 Å².